The van der Waals surface area contributed by atoms with Crippen molar-refractivity contribution >= 4 is 22.5 Å². The van der Waals surface area contributed by atoms with Crippen LogP contribution < -0.4 is 10.1 Å². The quantitative estimate of drug-likeness (QED) is 0.615. The summed E-state index contributed by atoms with van der Waals surface area (Å²) in [7, 11) is 1.61. The van der Waals surface area contributed by atoms with Gasteiger partial charge in [-0.15, -0.1) is 5.10 Å². The van der Waals surface area contributed by atoms with Gasteiger partial charge in [0.05, 0.1) is 36.4 Å². The van der Waals surface area contributed by atoms with E-state index in [1.54, 1.807) is 19.5 Å². The average Bonchev–Trinajstić information content (AvgIpc) is 3.18. The standard InChI is InChI=1S/C19H15N5O2/c1-26-16-8-6-15(7-9-16)24-12-18(22-23-24)19(25)21-14-10-13-4-2-3-5-17(13)20-11-14/h2-12H,1H3,(H,21,25). The zero-order valence-corrected chi connectivity index (χ0v) is 14.0. The van der Waals surface area contributed by atoms with E-state index in [4.69, 9.17) is 4.74 Å². The molecule has 4 rings (SSSR count). The molecule has 0 spiro atoms. The van der Waals surface area contributed by atoms with Gasteiger partial charge in [-0.3, -0.25) is 9.78 Å². The molecule has 0 aliphatic rings. The molecule has 0 aliphatic heterocycles. The highest BCUT2D eigenvalue weighted by atomic mass is 16.5. The molecule has 2 aromatic heterocycles. The smallest absolute Gasteiger partial charge is 0.277 e. The summed E-state index contributed by atoms with van der Waals surface area (Å²) in [6.45, 7) is 0. The molecule has 128 valence electrons. The molecule has 0 atom stereocenters. The van der Waals surface area contributed by atoms with Gasteiger partial charge in [-0.25, -0.2) is 4.68 Å². The summed E-state index contributed by atoms with van der Waals surface area (Å²) >= 11 is 0. The number of rotatable bonds is 4. The van der Waals surface area contributed by atoms with Gasteiger partial charge in [0.25, 0.3) is 5.91 Å². The van der Waals surface area contributed by atoms with Gasteiger partial charge in [0, 0.05) is 5.39 Å². The number of fused-ring (bicyclic) bond motifs is 1. The fourth-order valence-electron chi connectivity index (χ4n) is 2.56. The minimum absolute atomic E-state index is 0.217. The average molecular weight is 345 g/mol. The Balaban J connectivity index is 1.53. The third-order valence-corrected chi connectivity index (χ3v) is 3.91. The predicted octanol–water partition coefficient (Wildman–Crippen LogP) is 3.08. The van der Waals surface area contributed by atoms with E-state index in [0.29, 0.717) is 5.69 Å². The van der Waals surface area contributed by atoms with Gasteiger partial charge < -0.3 is 10.1 Å². The van der Waals surface area contributed by atoms with Crippen molar-refractivity contribution in [2.45, 2.75) is 0 Å². The van der Waals surface area contributed by atoms with Gasteiger partial charge in [0.2, 0.25) is 0 Å². The van der Waals surface area contributed by atoms with Crippen LogP contribution in [0.5, 0.6) is 5.75 Å². The van der Waals surface area contributed by atoms with Crippen LogP contribution in [0.1, 0.15) is 10.5 Å². The third kappa shape index (κ3) is 3.10. The lowest BCUT2D eigenvalue weighted by atomic mass is 10.2. The van der Waals surface area contributed by atoms with Gasteiger partial charge in [-0.05, 0) is 36.4 Å². The van der Waals surface area contributed by atoms with E-state index in [-0.39, 0.29) is 11.6 Å². The van der Waals surface area contributed by atoms with Crippen molar-refractivity contribution in [2.24, 2.45) is 0 Å². The number of carbonyl (C=O) groups is 1. The molecule has 0 saturated heterocycles. The van der Waals surface area contributed by atoms with Crippen molar-refractivity contribution in [1.82, 2.24) is 20.0 Å². The van der Waals surface area contributed by atoms with E-state index in [1.807, 2.05) is 54.6 Å². The maximum atomic E-state index is 12.4. The number of ether oxygens (including phenoxy) is 1. The van der Waals surface area contributed by atoms with Crippen LogP contribution in [0, 0.1) is 0 Å². The number of nitrogens with one attached hydrogen (secondary N) is 1. The third-order valence-electron chi connectivity index (χ3n) is 3.91. The first-order valence-electron chi connectivity index (χ1n) is 7.96. The first kappa shape index (κ1) is 15.8. The SMILES string of the molecule is COc1ccc(-n2cc(C(=O)Nc3cnc4ccccc4c3)nn2)cc1. The zero-order valence-electron chi connectivity index (χ0n) is 14.0. The van der Waals surface area contributed by atoms with E-state index in [0.717, 1.165) is 22.3 Å². The van der Waals surface area contributed by atoms with Gasteiger partial charge in [0.1, 0.15) is 5.75 Å². The summed E-state index contributed by atoms with van der Waals surface area (Å²) in [5.74, 6) is 0.400. The number of hydrogen-bond donors (Lipinski definition) is 1. The van der Waals surface area contributed by atoms with Crippen LogP contribution in [0.15, 0.2) is 67.0 Å². The molecular weight excluding hydrogens is 330 g/mol. The second kappa shape index (κ2) is 6.64. The van der Waals surface area contributed by atoms with Crippen LogP contribution in [-0.4, -0.2) is 33.0 Å². The number of nitrogens with zero attached hydrogens (tertiary/aromatic N) is 4. The van der Waals surface area contributed by atoms with Gasteiger partial charge >= 0.3 is 0 Å². The maximum absolute atomic E-state index is 12.4. The molecule has 0 bridgehead atoms. The summed E-state index contributed by atoms with van der Waals surface area (Å²) in [5, 5.41) is 11.7. The van der Waals surface area contributed by atoms with Crippen molar-refractivity contribution < 1.29 is 9.53 Å². The topological polar surface area (TPSA) is 81.9 Å². The lowest BCUT2D eigenvalue weighted by molar-refractivity contribution is 0.102. The monoisotopic (exact) mass is 345 g/mol. The maximum Gasteiger partial charge on any atom is 0.277 e. The second-order valence-electron chi connectivity index (χ2n) is 5.62. The fraction of sp³-hybridized carbons (Fsp3) is 0.0526. The van der Waals surface area contributed by atoms with Crippen LogP contribution in [0.3, 0.4) is 0 Å². The Morgan fingerprint density at radius 2 is 1.92 bits per heavy atom. The molecule has 0 saturated carbocycles. The van der Waals surface area contributed by atoms with E-state index < -0.39 is 0 Å². The molecule has 0 aliphatic carbocycles. The predicted molar refractivity (Wildman–Crippen MR) is 97.6 cm³/mol. The van der Waals surface area contributed by atoms with Crippen LogP contribution in [0.2, 0.25) is 0 Å². The Bertz CT molecular complexity index is 1070. The molecule has 2 aromatic carbocycles. The molecule has 26 heavy (non-hydrogen) atoms. The molecule has 2 heterocycles. The number of anilines is 1. The fourth-order valence-corrected chi connectivity index (χ4v) is 2.56. The van der Waals surface area contributed by atoms with E-state index in [9.17, 15) is 4.79 Å². The van der Waals surface area contributed by atoms with E-state index in [1.165, 1.54) is 4.68 Å². The molecular formula is C19H15N5O2. The summed E-state index contributed by atoms with van der Waals surface area (Å²) < 4.78 is 6.66. The lowest BCUT2D eigenvalue weighted by Crippen LogP contribution is -2.12. The minimum atomic E-state index is -0.346. The molecule has 0 unspecified atom stereocenters. The number of para-hydroxylation sites is 1. The number of methoxy groups -OCH3 is 1. The normalized spacial score (nSPS) is 10.7. The molecule has 1 N–H and O–H groups in total. The first-order chi connectivity index (χ1) is 12.7. The minimum Gasteiger partial charge on any atom is -0.497 e. The summed E-state index contributed by atoms with van der Waals surface area (Å²) in [6, 6.07) is 16.9. The largest absolute Gasteiger partial charge is 0.497 e. The van der Waals surface area contributed by atoms with Crippen LogP contribution in [0.4, 0.5) is 5.69 Å². The Hall–Kier alpha value is -3.74. The summed E-state index contributed by atoms with van der Waals surface area (Å²) in [4.78, 5) is 16.7. The van der Waals surface area contributed by atoms with Gasteiger partial charge in [0.15, 0.2) is 5.69 Å². The number of hydrogen-bond acceptors (Lipinski definition) is 5. The number of carbonyl (C=O) groups excluding carboxylic acids is 1. The van der Waals surface area contributed by atoms with Crippen LogP contribution in [0.25, 0.3) is 16.6 Å². The highest BCUT2D eigenvalue weighted by Crippen LogP contribution is 2.17. The van der Waals surface area contributed by atoms with E-state index >= 15 is 0 Å². The number of benzene rings is 2. The van der Waals surface area contributed by atoms with Crippen molar-refractivity contribution in [3.05, 3.63) is 72.7 Å². The Kier molecular flexibility index (Phi) is 4.03. The highest BCUT2D eigenvalue weighted by Gasteiger charge is 2.12. The molecule has 1 amide bonds. The van der Waals surface area contributed by atoms with Gasteiger partial charge in [-0.1, -0.05) is 23.4 Å². The molecule has 7 heteroatoms. The number of amides is 1. The molecule has 7 nitrogen and oxygen atoms in total. The molecule has 4 aromatic rings. The molecule has 0 radical (unpaired) electrons. The van der Waals surface area contributed by atoms with Crippen molar-refractivity contribution in [2.75, 3.05) is 12.4 Å². The lowest BCUT2D eigenvalue weighted by Gasteiger charge is -2.04. The first-order valence-corrected chi connectivity index (χ1v) is 7.96. The highest BCUT2D eigenvalue weighted by molar-refractivity contribution is 6.03. The summed E-state index contributed by atoms with van der Waals surface area (Å²) in [6.07, 6.45) is 3.19. The van der Waals surface area contributed by atoms with Crippen LogP contribution >= 0.6 is 0 Å². The number of aromatic nitrogens is 4. The van der Waals surface area contributed by atoms with Gasteiger partial charge in [-0.2, -0.15) is 0 Å². The summed E-state index contributed by atoms with van der Waals surface area (Å²) in [5.41, 5.74) is 2.47. The van der Waals surface area contributed by atoms with Crippen molar-refractivity contribution in [1.29, 1.82) is 0 Å². The number of pyridine rings is 1. The van der Waals surface area contributed by atoms with E-state index in [2.05, 4.69) is 20.6 Å². The molecule has 0 fully saturated rings. The van der Waals surface area contributed by atoms with Crippen molar-refractivity contribution in [3.8, 4) is 11.4 Å². The Morgan fingerprint density at radius 3 is 2.73 bits per heavy atom. The zero-order chi connectivity index (χ0) is 17.9. The Labute approximate surface area is 149 Å². The Morgan fingerprint density at radius 1 is 1.12 bits per heavy atom. The van der Waals surface area contributed by atoms with Crippen LogP contribution in [-0.2, 0) is 0 Å². The van der Waals surface area contributed by atoms with Crippen molar-refractivity contribution in [3.63, 3.8) is 0 Å². The second-order valence-corrected chi connectivity index (χ2v) is 5.62.